The number of benzene rings is 1. The highest BCUT2D eigenvalue weighted by Gasteiger charge is 2.31. The molecule has 1 fully saturated rings. The molecule has 2 heterocycles. The van der Waals surface area contributed by atoms with Gasteiger partial charge in [0, 0.05) is 31.1 Å². The molecule has 0 radical (unpaired) electrons. The number of nitrogens with one attached hydrogen (secondary N) is 2. The molecule has 2 aliphatic rings. The highest BCUT2D eigenvalue weighted by Crippen LogP contribution is 2.25. The molecule has 0 atom stereocenters. The second kappa shape index (κ2) is 7.02. The Morgan fingerprint density at radius 1 is 1.26 bits per heavy atom. The van der Waals surface area contributed by atoms with Gasteiger partial charge in [-0.1, -0.05) is 24.3 Å². The lowest BCUT2D eigenvalue weighted by Gasteiger charge is -2.42. The van der Waals surface area contributed by atoms with Crippen LogP contribution in [0.3, 0.4) is 0 Å². The van der Waals surface area contributed by atoms with Gasteiger partial charge in [-0.2, -0.15) is 0 Å². The molecule has 0 spiro atoms. The average molecular weight is 315 g/mol. The minimum Gasteiger partial charge on any atom is -0.354 e. The molecule has 2 N–H and O–H groups in total. The van der Waals surface area contributed by atoms with Crippen molar-refractivity contribution in [2.45, 2.75) is 45.2 Å². The maximum Gasteiger partial charge on any atom is 0.223 e. The SMILES string of the molecule is CC(C)(CNC(=O)C1CCNCC1)N1CCc2ccccc2C1. The molecular formula is C19H29N3O. The van der Waals surface area contributed by atoms with Gasteiger partial charge in [0.25, 0.3) is 0 Å². The molecule has 3 rings (SSSR count). The van der Waals surface area contributed by atoms with Crippen LogP contribution in [-0.4, -0.2) is 42.5 Å². The lowest BCUT2D eigenvalue weighted by Crippen LogP contribution is -2.54. The van der Waals surface area contributed by atoms with Gasteiger partial charge in [0.05, 0.1) is 0 Å². The van der Waals surface area contributed by atoms with Gasteiger partial charge >= 0.3 is 0 Å². The first-order valence-corrected chi connectivity index (χ1v) is 8.86. The van der Waals surface area contributed by atoms with Gasteiger partial charge in [-0.25, -0.2) is 0 Å². The Hall–Kier alpha value is -1.39. The first kappa shape index (κ1) is 16.5. The maximum atomic E-state index is 12.4. The monoisotopic (exact) mass is 315 g/mol. The number of rotatable bonds is 4. The van der Waals surface area contributed by atoms with Crippen molar-refractivity contribution in [3.05, 3.63) is 35.4 Å². The molecule has 1 amide bonds. The molecular weight excluding hydrogens is 286 g/mol. The van der Waals surface area contributed by atoms with Crippen LogP contribution >= 0.6 is 0 Å². The lowest BCUT2D eigenvalue weighted by molar-refractivity contribution is -0.126. The van der Waals surface area contributed by atoms with Crippen LogP contribution in [0.4, 0.5) is 0 Å². The summed E-state index contributed by atoms with van der Waals surface area (Å²) in [6.07, 6.45) is 3.02. The van der Waals surface area contributed by atoms with E-state index in [1.54, 1.807) is 0 Å². The van der Waals surface area contributed by atoms with Gasteiger partial charge in [-0.3, -0.25) is 9.69 Å². The standard InChI is InChI=1S/C19H29N3O/c1-19(2,14-21-18(23)16-7-10-20-11-8-16)22-12-9-15-5-3-4-6-17(15)13-22/h3-6,16,20H,7-14H2,1-2H3,(H,21,23). The zero-order valence-corrected chi connectivity index (χ0v) is 14.4. The molecule has 0 aromatic heterocycles. The summed E-state index contributed by atoms with van der Waals surface area (Å²) in [6.45, 7) is 9.17. The molecule has 4 heteroatoms. The van der Waals surface area contributed by atoms with Gasteiger partial charge in [-0.05, 0) is 57.3 Å². The normalized spacial score (nSPS) is 20.1. The van der Waals surface area contributed by atoms with E-state index in [1.807, 2.05) is 0 Å². The Morgan fingerprint density at radius 2 is 1.96 bits per heavy atom. The van der Waals surface area contributed by atoms with E-state index in [0.29, 0.717) is 0 Å². The summed E-state index contributed by atoms with van der Waals surface area (Å²) >= 11 is 0. The van der Waals surface area contributed by atoms with Crippen LogP contribution in [0.15, 0.2) is 24.3 Å². The number of nitrogens with zero attached hydrogens (tertiary/aromatic N) is 1. The number of hydrogen-bond acceptors (Lipinski definition) is 3. The summed E-state index contributed by atoms with van der Waals surface area (Å²) in [6, 6.07) is 8.71. The number of carbonyl (C=O) groups excluding carboxylic acids is 1. The number of piperidine rings is 1. The van der Waals surface area contributed by atoms with Crippen LogP contribution < -0.4 is 10.6 Å². The fourth-order valence-corrected chi connectivity index (χ4v) is 3.66. The number of fused-ring (bicyclic) bond motifs is 1. The molecule has 1 saturated heterocycles. The van der Waals surface area contributed by atoms with Crippen LogP contribution in [0, 0.1) is 5.92 Å². The molecule has 0 bridgehead atoms. The molecule has 4 nitrogen and oxygen atoms in total. The van der Waals surface area contributed by atoms with E-state index in [4.69, 9.17) is 0 Å². The number of amides is 1. The molecule has 23 heavy (non-hydrogen) atoms. The average Bonchev–Trinajstić information content (AvgIpc) is 2.60. The van der Waals surface area contributed by atoms with Gasteiger partial charge in [0.15, 0.2) is 0 Å². The number of hydrogen-bond donors (Lipinski definition) is 2. The van der Waals surface area contributed by atoms with Crippen molar-refractivity contribution in [2.75, 3.05) is 26.2 Å². The Morgan fingerprint density at radius 3 is 2.70 bits per heavy atom. The fourth-order valence-electron chi connectivity index (χ4n) is 3.66. The number of carbonyl (C=O) groups is 1. The summed E-state index contributed by atoms with van der Waals surface area (Å²) in [5.41, 5.74) is 2.88. The van der Waals surface area contributed by atoms with Gasteiger partial charge < -0.3 is 10.6 Å². The van der Waals surface area contributed by atoms with E-state index in [0.717, 1.165) is 52.0 Å². The van der Waals surface area contributed by atoms with E-state index in [9.17, 15) is 4.79 Å². The molecule has 0 unspecified atom stereocenters. The summed E-state index contributed by atoms with van der Waals surface area (Å²) in [5.74, 6) is 0.422. The Bertz CT molecular complexity index is 549. The molecule has 1 aromatic carbocycles. The Kier molecular flexibility index (Phi) is 5.02. The first-order chi connectivity index (χ1) is 11.1. The van der Waals surface area contributed by atoms with E-state index < -0.39 is 0 Å². The van der Waals surface area contributed by atoms with Crippen molar-refractivity contribution in [2.24, 2.45) is 5.92 Å². The third kappa shape index (κ3) is 3.93. The van der Waals surface area contributed by atoms with Crippen LogP contribution in [-0.2, 0) is 17.8 Å². The second-order valence-electron chi connectivity index (χ2n) is 7.49. The molecule has 0 saturated carbocycles. The highest BCUT2D eigenvalue weighted by atomic mass is 16.1. The Labute approximate surface area is 139 Å². The second-order valence-corrected chi connectivity index (χ2v) is 7.49. The summed E-state index contributed by atoms with van der Waals surface area (Å²) in [7, 11) is 0. The summed E-state index contributed by atoms with van der Waals surface area (Å²) in [5, 5.41) is 6.52. The zero-order valence-electron chi connectivity index (χ0n) is 14.4. The largest absolute Gasteiger partial charge is 0.354 e. The van der Waals surface area contributed by atoms with Gasteiger partial charge in [0.2, 0.25) is 5.91 Å². The minimum absolute atomic E-state index is 0.0177. The maximum absolute atomic E-state index is 12.4. The topological polar surface area (TPSA) is 44.4 Å². The van der Waals surface area contributed by atoms with Crippen molar-refractivity contribution in [1.82, 2.24) is 15.5 Å². The van der Waals surface area contributed by atoms with E-state index >= 15 is 0 Å². The van der Waals surface area contributed by atoms with Crippen molar-refractivity contribution >= 4 is 5.91 Å². The zero-order chi connectivity index (χ0) is 16.3. The highest BCUT2D eigenvalue weighted by molar-refractivity contribution is 5.78. The fraction of sp³-hybridized carbons (Fsp3) is 0.632. The van der Waals surface area contributed by atoms with Crippen molar-refractivity contribution in [1.29, 1.82) is 0 Å². The summed E-state index contributed by atoms with van der Waals surface area (Å²) in [4.78, 5) is 14.9. The minimum atomic E-state index is -0.0177. The van der Waals surface area contributed by atoms with Crippen molar-refractivity contribution in [3.8, 4) is 0 Å². The van der Waals surface area contributed by atoms with Crippen LogP contribution in [0.25, 0.3) is 0 Å². The molecule has 126 valence electrons. The van der Waals surface area contributed by atoms with Crippen LogP contribution in [0.2, 0.25) is 0 Å². The quantitative estimate of drug-likeness (QED) is 0.892. The van der Waals surface area contributed by atoms with Crippen LogP contribution in [0.1, 0.15) is 37.8 Å². The third-order valence-corrected chi connectivity index (χ3v) is 5.39. The molecule has 0 aliphatic carbocycles. The smallest absolute Gasteiger partial charge is 0.223 e. The predicted molar refractivity (Wildman–Crippen MR) is 93.2 cm³/mol. The van der Waals surface area contributed by atoms with Gasteiger partial charge in [-0.15, -0.1) is 0 Å². The van der Waals surface area contributed by atoms with Crippen molar-refractivity contribution in [3.63, 3.8) is 0 Å². The molecule has 2 aliphatic heterocycles. The van der Waals surface area contributed by atoms with E-state index in [-0.39, 0.29) is 17.4 Å². The van der Waals surface area contributed by atoms with E-state index in [1.165, 1.54) is 11.1 Å². The van der Waals surface area contributed by atoms with Crippen molar-refractivity contribution < 1.29 is 4.79 Å². The third-order valence-electron chi connectivity index (χ3n) is 5.39. The molecule has 1 aromatic rings. The van der Waals surface area contributed by atoms with Gasteiger partial charge in [0.1, 0.15) is 0 Å². The summed E-state index contributed by atoms with van der Waals surface area (Å²) < 4.78 is 0. The first-order valence-electron chi connectivity index (χ1n) is 8.86. The van der Waals surface area contributed by atoms with Crippen LogP contribution in [0.5, 0.6) is 0 Å². The van der Waals surface area contributed by atoms with E-state index in [2.05, 4.69) is 53.6 Å². The predicted octanol–water partition coefficient (Wildman–Crippen LogP) is 1.94. The lowest BCUT2D eigenvalue weighted by atomic mass is 9.93. The Balaban J connectivity index is 1.55.